The molecule has 3 rings (SSSR count). The summed E-state index contributed by atoms with van der Waals surface area (Å²) in [6.45, 7) is 1.91. The molecule has 0 unspecified atom stereocenters. The van der Waals surface area contributed by atoms with Crippen molar-refractivity contribution >= 4 is 34.2 Å². The Kier molecular flexibility index (Phi) is 6.46. The van der Waals surface area contributed by atoms with Gasteiger partial charge in [-0.05, 0) is 43.7 Å². The van der Waals surface area contributed by atoms with E-state index in [1.807, 2.05) is 30.3 Å². The van der Waals surface area contributed by atoms with Crippen LogP contribution >= 0.6 is 11.3 Å². The highest BCUT2D eigenvalue weighted by atomic mass is 32.1. The third-order valence-corrected chi connectivity index (χ3v) is 6.00. The standard InChI is InChI=1S/C21H23NO5S/c1-3-26-21(25)18(23)22(2)19-17(15-11-7-8-12-16(15)28-19)20(24)27-13-14-9-5-4-6-10-14/h4-6,9-10H,3,7-8,11-13H2,1-2H3. The molecule has 2 aromatic rings. The third kappa shape index (κ3) is 4.25. The van der Waals surface area contributed by atoms with E-state index < -0.39 is 17.8 Å². The summed E-state index contributed by atoms with van der Waals surface area (Å²) in [6, 6.07) is 9.43. The predicted molar refractivity (Wildman–Crippen MR) is 107 cm³/mol. The smallest absolute Gasteiger partial charge is 0.397 e. The van der Waals surface area contributed by atoms with Crippen LogP contribution in [0.3, 0.4) is 0 Å². The molecule has 1 aromatic heterocycles. The van der Waals surface area contributed by atoms with E-state index in [1.165, 1.54) is 23.3 Å². The molecule has 0 fully saturated rings. The van der Waals surface area contributed by atoms with E-state index in [0.29, 0.717) is 10.6 Å². The molecule has 0 saturated heterocycles. The molecule has 1 amide bonds. The molecular weight excluding hydrogens is 378 g/mol. The second kappa shape index (κ2) is 9.01. The fraction of sp³-hybridized carbons (Fsp3) is 0.381. The number of hydrogen-bond acceptors (Lipinski definition) is 6. The number of likely N-dealkylation sites (N-methyl/N-ethyl adjacent to an activating group) is 1. The van der Waals surface area contributed by atoms with Gasteiger partial charge in [0.05, 0.1) is 12.2 Å². The highest BCUT2D eigenvalue weighted by Gasteiger charge is 2.32. The molecule has 28 heavy (non-hydrogen) atoms. The molecule has 0 atom stereocenters. The number of benzene rings is 1. The van der Waals surface area contributed by atoms with Crippen LogP contribution in [0.15, 0.2) is 30.3 Å². The van der Waals surface area contributed by atoms with Gasteiger partial charge in [0.2, 0.25) is 0 Å². The summed E-state index contributed by atoms with van der Waals surface area (Å²) in [5.74, 6) is -2.20. The number of ether oxygens (including phenoxy) is 2. The second-order valence-corrected chi connectivity index (χ2v) is 7.62. The summed E-state index contributed by atoms with van der Waals surface area (Å²) in [5.41, 5.74) is 2.22. The molecule has 0 radical (unpaired) electrons. The van der Waals surface area contributed by atoms with E-state index in [1.54, 1.807) is 6.92 Å². The highest BCUT2D eigenvalue weighted by molar-refractivity contribution is 7.17. The number of esters is 2. The average molecular weight is 401 g/mol. The predicted octanol–water partition coefficient (Wildman–Crippen LogP) is 3.51. The summed E-state index contributed by atoms with van der Waals surface area (Å²) >= 11 is 1.38. The average Bonchev–Trinajstić information content (AvgIpc) is 3.11. The normalized spacial score (nSPS) is 12.8. The van der Waals surface area contributed by atoms with Crippen molar-refractivity contribution in [2.24, 2.45) is 0 Å². The molecule has 1 aliphatic rings. The first-order valence-corrected chi connectivity index (χ1v) is 10.1. The molecular formula is C21H23NO5S. The molecule has 1 heterocycles. The van der Waals surface area contributed by atoms with Crippen molar-refractivity contribution in [3.63, 3.8) is 0 Å². The van der Waals surface area contributed by atoms with Gasteiger partial charge in [0.25, 0.3) is 0 Å². The van der Waals surface area contributed by atoms with Crippen molar-refractivity contribution in [3.8, 4) is 0 Å². The molecule has 148 valence electrons. The van der Waals surface area contributed by atoms with E-state index >= 15 is 0 Å². The lowest BCUT2D eigenvalue weighted by molar-refractivity contribution is -0.153. The molecule has 6 nitrogen and oxygen atoms in total. The van der Waals surface area contributed by atoms with Gasteiger partial charge in [-0.3, -0.25) is 9.69 Å². The fourth-order valence-electron chi connectivity index (χ4n) is 3.22. The maximum Gasteiger partial charge on any atom is 0.397 e. The number of rotatable bonds is 5. The molecule has 0 bridgehead atoms. The van der Waals surface area contributed by atoms with Gasteiger partial charge < -0.3 is 9.47 Å². The van der Waals surface area contributed by atoms with Crippen LogP contribution < -0.4 is 4.90 Å². The summed E-state index contributed by atoms with van der Waals surface area (Å²) in [4.78, 5) is 39.5. The molecule has 1 aromatic carbocycles. The number of aryl methyl sites for hydroxylation is 1. The summed E-state index contributed by atoms with van der Waals surface area (Å²) in [7, 11) is 1.49. The van der Waals surface area contributed by atoms with Gasteiger partial charge in [-0.15, -0.1) is 11.3 Å². The first kappa shape index (κ1) is 20.1. The van der Waals surface area contributed by atoms with Crippen LogP contribution in [-0.2, 0) is 38.5 Å². The number of anilines is 1. The van der Waals surface area contributed by atoms with Crippen molar-refractivity contribution < 1.29 is 23.9 Å². The summed E-state index contributed by atoms with van der Waals surface area (Å²) in [6.07, 6.45) is 3.65. The van der Waals surface area contributed by atoms with Gasteiger partial charge in [0.1, 0.15) is 11.6 Å². The first-order chi connectivity index (χ1) is 13.5. The lowest BCUT2D eigenvalue weighted by Gasteiger charge is -2.17. The Morgan fingerprint density at radius 1 is 1.07 bits per heavy atom. The Morgan fingerprint density at radius 3 is 2.50 bits per heavy atom. The van der Waals surface area contributed by atoms with Crippen LogP contribution in [0.2, 0.25) is 0 Å². The highest BCUT2D eigenvalue weighted by Crippen LogP contribution is 2.40. The van der Waals surface area contributed by atoms with Crippen LogP contribution in [0.1, 0.15) is 46.1 Å². The quantitative estimate of drug-likeness (QED) is 0.566. The number of thiophene rings is 1. The molecule has 0 spiro atoms. The van der Waals surface area contributed by atoms with Gasteiger partial charge in [0, 0.05) is 11.9 Å². The van der Waals surface area contributed by atoms with Crippen molar-refractivity contribution in [3.05, 3.63) is 51.9 Å². The minimum absolute atomic E-state index is 0.116. The van der Waals surface area contributed by atoms with Gasteiger partial charge >= 0.3 is 17.8 Å². The molecule has 1 aliphatic carbocycles. The van der Waals surface area contributed by atoms with Crippen LogP contribution in [0.5, 0.6) is 0 Å². The van der Waals surface area contributed by atoms with Crippen molar-refractivity contribution in [2.75, 3.05) is 18.6 Å². The Bertz CT molecular complexity index is 874. The maximum atomic E-state index is 12.9. The lowest BCUT2D eigenvalue weighted by Crippen LogP contribution is -2.35. The zero-order valence-electron chi connectivity index (χ0n) is 16.0. The van der Waals surface area contributed by atoms with E-state index in [2.05, 4.69) is 0 Å². The van der Waals surface area contributed by atoms with Gasteiger partial charge in [-0.1, -0.05) is 30.3 Å². The van der Waals surface area contributed by atoms with Gasteiger partial charge in [0.15, 0.2) is 0 Å². The first-order valence-electron chi connectivity index (χ1n) is 9.33. The van der Waals surface area contributed by atoms with Crippen molar-refractivity contribution in [1.29, 1.82) is 0 Å². The van der Waals surface area contributed by atoms with E-state index in [4.69, 9.17) is 9.47 Å². The topological polar surface area (TPSA) is 72.9 Å². The Hall–Kier alpha value is -2.67. The van der Waals surface area contributed by atoms with Crippen LogP contribution in [0.4, 0.5) is 5.00 Å². The Balaban J connectivity index is 1.88. The number of amides is 1. The monoisotopic (exact) mass is 401 g/mol. The molecule has 0 N–H and O–H groups in total. The third-order valence-electron chi connectivity index (χ3n) is 4.63. The Morgan fingerprint density at radius 2 is 1.79 bits per heavy atom. The SMILES string of the molecule is CCOC(=O)C(=O)N(C)c1sc2c(c1C(=O)OCc1ccccc1)CCCC2. The minimum atomic E-state index is -0.931. The molecule has 0 saturated carbocycles. The number of carbonyl (C=O) groups is 3. The molecule has 7 heteroatoms. The van der Waals surface area contributed by atoms with E-state index in [9.17, 15) is 14.4 Å². The van der Waals surface area contributed by atoms with Crippen LogP contribution in [0.25, 0.3) is 0 Å². The number of hydrogen-bond donors (Lipinski definition) is 0. The largest absolute Gasteiger partial charge is 0.459 e. The van der Waals surface area contributed by atoms with Crippen molar-refractivity contribution in [2.45, 2.75) is 39.2 Å². The molecule has 0 aliphatic heterocycles. The van der Waals surface area contributed by atoms with Gasteiger partial charge in [-0.2, -0.15) is 0 Å². The fourth-order valence-corrected chi connectivity index (χ4v) is 4.55. The zero-order valence-corrected chi connectivity index (χ0v) is 16.8. The minimum Gasteiger partial charge on any atom is -0.459 e. The van der Waals surface area contributed by atoms with Crippen LogP contribution in [0, 0.1) is 0 Å². The zero-order chi connectivity index (χ0) is 20.1. The summed E-state index contributed by atoms with van der Waals surface area (Å²) < 4.78 is 10.3. The summed E-state index contributed by atoms with van der Waals surface area (Å²) in [5, 5.41) is 0.447. The second-order valence-electron chi connectivity index (χ2n) is 6.54. The lowest BCUT2D eigenvalue weighted by atomic mass is 9.95. The maximum absolute atomic E-state index is 12.9. The van der Waals surface area contributed by atoms with E-state index in [-0.39, 0.29) is 13.2 Å². The number of fused-ring (bicyclic) bond motifs is 1. The number of nitrogens with zero attached hydrogens (tertiary/aromatic N) is 1. The van der Waals surface area contributed by atoms with Gasteiger partial charge in [-0.25, -0.2) is 9.59 Å². The number of carbonyl (C=O) groups excluding carboxylic acids is 3. The van der Waals surface area contributed by atoms with Crippen molar-refractivity contribution in [1.82, 2.24) is 0 Å². The van der Waals surface area contributed by atoms with Crippen LogP contribution in [-0.4, -0.2) is 31.5 Å². The van der Waals surface area contributed by atoms with E-state index in [0.717, 1.165) is 41.7 Å². The Labute approximate surface area is 168 Å².